The van der Waals surface area contributed by atoms with Gasteiger partial charge in [0.1, 0.15) is 12.0 Å². The Kier molecular flexibility index (Phi) is 6.91. The average molecular weight is 331 g/mol. The van der Waals surface area contributed by atoms with E-state index in [0.29, 0.717) is 17.9 Å². The predicted molar refractivity (Wildman–Crippen MR) is 88.1 cm³/mol. The first-order chi connectivity index (χ1) is 9.98. The normalized spacial score (nSPS) is 22.5. The molecular formula is C16H27ClN2O3. The van der Waals surface area contributed by atoms with Crippen molar-refractivity contribution in [3.8, 4) is 0 Å². The molecule has 1 aromatic rings. The standard InChI is InChI=1S/C16H26N2O3.ClH/c1-4-5-6-20-14-8-13(16(14,2)3)18-15(19)11-7-12(9-17)21-10-11;/h7,10,13-14H,4-6,8-9,17H2,1-3H3,(H,18,19);1H. The molecule has 0 aromatic carbocycles. The smallest absolute Gasteiger partial charge is 0.254 e. The van der Waals surface area contributed by atoms with Crippen molar-refractivity contribution in [1.82, 2.24) is 5.32 Å². The molecule has 1 heterocycles. The molecule has 0 aliphatic heterocycles. The van der Waals surface area contributed by atoms with Crippen LogP contribution in [0.15, 0.2) is 16.7 Å². The summed E-state index contributed by atoms with van der Waals surface area (Å²) in [4.78, 5) is 12.2. The van der Waals surface area contributed by atoms with Crippen LogP contribution >= 0.6 is 12.4 Å². The van der Waals surface area contributed by atoms with Gasteiger partial charge in [0, 0.05) is 18.1 Å². The van der Waals surface area contributed by atoms with Gasteiger partial charge in [-0.25, -0.2) is 0 Å². The largest absolute Gasteiger partial charge is 0.467 e. The van der Waals surface area contributed by atoms with E-state index in [9.17, 15) is 4.79 Å². The van der Waals surface area contributed by atoms with Gasteiger partial charge < -0.3 is 20.2 Å². The molecular weight excluding hydrogens is 304 g/mol. The number of rotatable bonds is 7. The van der Waals surface area contributed by atoms with Crippen LogP contribution < -0.4 is 11.1 Å². The maximum atomic E-state index is 12.2. The van der Waals surface area contributed by atoms with Crippen molar-refractivity contribution in [1.29, 1.82) is 0 Å². The lowest BCUT2D eigenvalue weighted by Gasteiger charge is -2.51. The molecule has 1 saturated carbocycles. The number of unbranched alkanes of at least 4 members (excludes halogenated alkanes) is 1. The second-order valence-corrected chi connectivity index (χ2v) is 6.30. The number of amides is 1. The van der Waals surface area contributed by atoms with Crippen molar-refractivity contribution in [3.05, 3.63) is 23.7 Å². The van der Waals surface area contributed by atoms with Crippen LogP contribution in [0, 0.1) is 5.41 Å². The first-order valence-corrected chi connectivity index (χ1v) is 7.69. The summed E-state index contributed by atoms with van der Waals surface area (Å²) in [5, 5.41) is 3.06. The summed E-state index contributed by atoms with van der Waals surface area (Å²) in [5.74, 6) is 0.511. The molecule has 22 heavy (non-hydrogen) atoms. The quantitative estimate of drug-likeness (QED) is 0.754. The van der Waals surface area contributed by atoms with Crippen molar-refractivity contribution in [2.75, 3.05) is 6.61 Å². The first-order valence-electron chi connectivity index (χ1n) is 7.69. The molecule has 2 atom stereocenters. The monoisotopic (exact) mass is 330 g/mol. The molecule has 1 aromatic heterocycles. The Bertz CT molecular complexity index is 487. The number of nitrogens with one attached hydrogen (secondary N) is 1. The van der Waals surface area contributed by atoms with Gasteiger partial charge in [-0.2, -0.15) is 0 Å². The van der Waals surface area contributed by atoms with Gasteiger partial charge >= 0.3 is 0 Å². The van der Waals surface area contributed by atoms with Gasteiger partial charge in [-0.3, -0.25) is 4.79 Å². The summed E-state index contributed by atoms with van der Waals surface area (Å²) in [6.07, 6.45) is 4.76. The number of hydrogen-bond donors (Lipinski definition) is 2. The molecule has 1 aliphatic carbocycles. The summed E-state index contributed by atoms with van der Waals surface area (Å²) in [7, 11) is 0. The number of ether oxygens (including phenoxy) is 1. The Morgan fingerprint density at radius 1 is 1.55 bits per heavy atom. The van der Waals surface area contributed by atoms with Gasteiger partial charge in [0.15, 0.2) is 0 Å². The number of furan rings is 1. The zero-order valence-corrected chi connectivity index (χ0v) is 14.4. The Labute approximate surface area is 138 Å². The molecule has 1 fully saturated rings. The Hall–Kier alpha value is -1.04. The maximum Gasteiger partial charge on any atom is 0.254 e. The van der Waals surface area contributed by atoms with Crippen LogP contribution in [0.5, 0.6) is 0 Å². The minimum absolute atomic E-state index is 0. The van der Waals surface area contributed by atoms with Crippen LogP contribution in [0.2, 0.25) is 0 Å². The average Bonchev–Trinajstić information content (AvgIpc) is 2.94. The number of nitrogens with two attached hydrogens (primary N) is 1. The molecule has 0 spiro atoms. The highest BCUT2D eigenvalue weighted by atomic mass is 35.5. The van der Waals surface area contributed by atoms with Gasteiger partial charge in [-0.1, -0.05) is 27.2 Å². The Morgan fingerprint density at radius 3 is 2.82 bits per heavy atom. The van der Waals surface area contributed by atoms with Crippen LogP contribution in [0.3, 0.4) is 0 Å². The van der Waals surface area contributed by atoms with Gasteiger partial charge in [0.05, 0.1) is 18.2 Å². The van der Waals surface area contributed by atoms with Gasteiger partial charge in [-0.05, 0) is 18.9 Å². The minimum atomic E-state index is -0.108. The molecule has 126 valence electrons. The van der Waals surface area contributed by atoms with E-state index in [1.807, 2.05) is 0 Å². The zero-order chi connectivity index (χ0) is 15.5. The fourth-order valence-electron chi connectivity index (χ4n) is 2.63. The third kappa shape index (κ3) is 4.03. The van der Waals surface area contributed by atoms with Crippen molar-refractivity contribution in [3.63, 3.8) is 0 Å². The summed E-state index contributed by atoms with van der Waals surface area (Å²) < 4.78 is 11.1. The van der Waals surface area contributed by atoms with Crippen molar-refractivity contribution >= 4 is 18.3 Å². The van der Waals surface area contributed by atoms with E-state index in [4.69, 9.17) is 14.9 Å². The van der Waals surface area contributed by atoms with Crippen molar-refractivity contribution < 1.29 is 13.9 Å². The fourth-order valence-corrected chi connectivity index (χ4v) is 2.63. The zero-order valence-electron chi connectivity index (χ0n) is 13.6. The second kappa shape index (κ2) is 7.99. The SMILES string of the molecule is CCCCOC1CC(NC(=O)c2coc(CN)c2)C1(C)C.Cl. The molecule has 5 nitrogen and oxygen atoms in total. The third-order valence-electron chi connectivity index (χ3n) is 4.42. The van der Waals surface area contributed by atoms with E-state index < -0.39 is 0 Å². The summed E-state index contributed by atoms with van der Waals surface area (Å²) in [6.45, 7) is 7.53. The Morgan fingerprint density at radius 2 is 2.27 bits per heavy atom. The lowest BCUT2D eigenvalue weighted by Crippen LogP contribution is -2.62. The topological polar surface area (TPSA) is 77.5 Å². The number of carbonyl (C=O) groups excluding carboxylic acids is 1. The maximum absolute atomic E-state index is 12.2. The summed E-state index contributed by atoms with van der Waals surface area (Å²) in [6, 6.07) is 1.82. The van der Waals surface area contributed by atoms with Gasteiger partial charge in [-0.15, -0.1) is 12.4 Å². The van der Waals surface area contributed by atoms with Crippen LogP contribution in [-0.4, -0.2) is 24.7 Å². The molecule has 0 radical (unpaired) electrons. The molecule has 6 heteroatoms. The highest BCUT2D eigenvalue weighted by Crippen LogP contribution is 2.43. The molecule has 1 aliphatic rings. The van der Waals surface area contributed by atoms with Crippen LogP contribution in [0.4, 0.5) is 0 Å². The molecule has 3 N–H and O–H groups in total. The predicted octanol–water partition coefficient (Wildman–Crippen LogP) is 2.87. The van der Waals surface area contributed by atoms with Crippen LogP contribution in [0.25, 0.3) is 0 Å². The lowest BCUT2D eigenvalue weighted by molar-refractivity contribution is -0.115. The molecule has 0 bridgehead atoms. The van der Waals surface area contributed by atoms with E-state index >= 15 is 0 Å². The number of halogens is 1. The van der Waals surface area contributed by atoms with Gasteiger partial charge in [0.25, 0.3) is 5.91 Å². The molecule has 1 amide bonds. The minimum Gasteiger partial charge on any atom is -0.467 e. The van der Waals surface area contributed by atoms with Crippen LogP contribution in [-0.2, 0) is 11.3 Å². The van der Waals surface area contributed by atoms with E-state index in [1.165, 1.54) is 6.26 Å². The summed E-state index contributed by atoms with van der Waals surface area (Å²) in [5.41, 5.74) is 5.97. The fraction of sp³-hybridized carbons (Fsp3) is 0.688. The van der Waals surface area contributed by atoms with E-state index in [2.05, 4.69) is 26.1 Å². The third-order valence-corrected chi connectivity index (χ3v) is 4.42. The lowest BCUT2D eigenvalue weighted by atomic mass is 9.64. The molecule has 2 unspecified atom stereocenters. The van der Waals surface area contributed by atoms with Gasteiger partial charge in [0.2, 0.25) is 0 Å². The van der Waals surface area contributed by atoms with E-state index in [1.54, 1.807) is 6.07 Å². The molecule has 0 saturated heterocycles. The van der Waals surface area contributed by atoms with Crippen LogP contribution in [0.1, 0.15) is 56.2 Å². The van der Waals surface area contributed by atoms with E-state index in [0.717, 1.165) is 25.9 Å². The van der Waals surface area contributed by atoms with Crippen molar-refractivity contribution in [2.24, 2.45) is 11.1 Å². The molecule has 2 rings (SSSR count). The number of hydrogen-bond acceptors (Lipinski definition) is 4. The number of carbonyl (C=O) groups is 1. The highest BCUT2D eigenvalue weighted by Gasteiger charge is 2.49. The summed E-state index contributed by atoms with van der Waals surface area (Å²) >= 11 is 0. The van der Waals surface area contributed by atoms with E-state index in [-0.39, 0.29) is 35.9 Å². The second-order valence-electron chi connectivity index (χ2n) is 6.30. The highest BCUT2D eigenvalue weighted by molar-refractivity contribution is 5.94. The van der Waals surface area contributed by atoms with Crippen molar-refractivity contribution in [2.45, 2.75) is 58.7 Å². The Balaban J connectivity index is 0.00000242. The first kappa shape index (κ1) is 19.0.